The van der Waals surface area contributed by atoms with Crippen molar-refractivity contribution in [3.05, 3.63) is 102 Å². The van der Waals surface area contributed by atoms with Gasteiger partial charge in [-0.05, 0) is 30.2 Å². The Kier molecular flexibility index (Phi) is 5.72. The fourth-order valence-electron chi connectivity index (χ4n) is 2.80. The van der Waals surface area contributed by atoms with Crippen LogP contribution in [0.25, 0.3) is 0 Å². The van der Waals surface area contributed by atoms with Crippen LogP contribution in [0.5, 0.6) is 0 Å². The summed E-state index contributed by atoms with van der Waals surface area (Å²) in [4.78, 5) is 2.60. The molecular weight excluding hydrogens is 356 g/mol. The van der Waals surface area contributed by atoms with Gasteiger partial charge in [0.05, 0.1) is 10.6 Å². The van der Waals surface area contributed by atoms with Crippen molar-refractivity contribution in [1.82, 2.24) is 4.83 Å². The lowest BCUT2D eigenvalue weighted by Gasteiger charge is -2.16. The molecule has 0 aliphatic rings. The first-order chi connectivity index (χ1) is 13.0. The Labute approximate surface area is 160 Å². The number of nitrogens with one attached hydrogen (secondary N) is 1. The summed E-state index contributed by atoms with van der Waals surface area (Å²) in [5, 5.41) is 4.32. The topological polar surface area (TPSA) is 58.5 Å². The van der Waals surface area contributed by atoms with Crippen molar-refractivity contribution in [1.29, 1.82) is 0 Å². The second-order valence-electron chi connectivity index (χ2n) is 6.40. The molecule has 27 heavy (non-hydrogen) atoms. The van der Waals surface area contributed by atoms with Gasteiger partial charge in [-0.3, -0.25) is 0 Å². The molecule has 0 amide bonds. The molecule has 0 bridgehead atoms. The second-order valence-corrected chi connectivity index (χ2v) is 8.06. The number of hydrazone groups is 1. The highest BCUT2D eigenvalue weighted by molar-refractivity contribution is 7.89. The molecule has 3 aromatic rings. The maximum absolute atomic E-state index is 12.6. The zero-order valence-corrected chi connectivity index (χ0v) is 16.1. The third-order valence-corrected chi connectivity index (χ3v) is 5.62. The molecule has 0 heterocycles. The van der Waals surface area contributed by atoms with E-state index < -0.39 is 10.0 Å². The van der Waals surface area contributed by atoms with Crippen molar-refractivity contribution in [2.24, 2.45) is 5.10 Å². The smallest absolute Gasteiger partial charge is 0.200 e. The van der Waals surface area contributed by atoms with Crippen molar-refractivity contribution >= 4 is 15.7 Å². The summed E-state index contributed by atoms with van der Waals surface area (Å²) in [7, 11) is -3.73. The standard InChI is InChI=1S/C22H22N2O2S/c1-17-13-15-21(16-14-17)27(25,26)24-23-22(20-11-7-4-8-12-20)18(2)19-9-5-3-6-10-19/h3-16,18,24H,1-2H3/b23-22-/t18-/m1/s1. The highest BCUT2D eigenvalue weighted by atomic mass is 32.2. The van der Waals surface area contributed by atoms with E-state index in [1.807, 2.05) is 74.5 Å². The lowest BCUT2D eigenvalue weighted by molar-refractivity contribution is 0.584. The van der Waals surface area contributed by atoms with Crippen LogP contribution in [-0.4, -0.2) is 14.1 Å². The molecular formula is C22H22N2O2S. The molecule has 5 heteroatoms. The minimum atomic E-state index is -3.73. The Morgan fingerprint density at radius 2 is 1.41 bits per heavy atom. The lowest BCUT2D eigenvalue weighted by Crippen LogP contribution is -2.23. The highest BCUT2D eigenvalue weighted by Crippen LogP contribution is 2.21. The van der Waals surface area contributed by atoms with Crippen LogP contribution >= 0.6 is 0 Å². The van der Waals surface area contributed by atoms with E-state index in [0.717, 1.165) is 16.7 Å². The Balaban J connectivity index is 1.96. The van der Waals surface area contributed by atoms with Gasteiger partial charge >= 0.3 is 0 Å². The van der Waals surface area contributed by atoms with E-state index in [4.69, 9.17) is 0 Å². The number of benzene rings is 3. The van der Waals surface area contributed by atoms with Gasteiger partial charge in [0, 0.05) is 5.92 Å². The summed E-state index contributed by atoms with van der Waals surface area (Å²) in [6.45, 7) is 3.93. The predicted octanol–water partition coefficient (Wildman–Crippen LogP) is 4.48. The van der Waals surface area contributed by atoms with Crippen molar-refractivity contribution in [3.8, 4) is 0 Å². The van der Waals surface area contributed by atoms with E-state index in [-0.39, 0.29) is 10.8 Å². The number of hydrogen-bond donors (Lipinski definition) is 1. The van der Waals surface area contributed by atoms with Crippen LogP contribution in [0.2, 0.25) is 0 Å². The summed E-state index contributed by atoms with van der Waals surface area (Å²) >= 11 is 0. The quantitative estimate of drug-likeness (QED) is 0.508. The SMILES string of the molecule is Cc1ccc(S(=O)(=O)N/N=C(\c2ccccc2)[C@H](C)c2ccccc2)cc1. The summed E-state index contributed by atoms with van der Waals surface area (Å²) in [6, 6.07) is 26.2. The largest absolute Gasteiger partial charge is 0.276 e. The molecule has 0 unspecified atom stereocenters. The molecule has 4 nitrogen and oxygen atoms in total. The monoisotopic (exact) mass is 378 g/mol. The zero-order chi connectivity index (χ0) is 19.3. The van der Waals surface area contributed by atoms with Crippen LogP contribution in [0.4, 0.5) is 0 Å². The Morgan fingerprint density at radius 3 is 2.00 bits per heavy atom. The van der Waals surface area contributed by atoms with Crippen molar-refractivity contribution < 1.29 is 8.42 Å². The second kappa shape index (κ2) is 8.18. The number of sulfonamides is 1. The van der Waals surface area contributed by atoms with E-state index in [1.54, 1.807) is 24.3 Å². The van der Waals surface area contributed by atoms with E-state index in [1.165, 1.54) is 0 Å². The third kappa shape index (κ3) is 4.63. The number of aryl methyl sites for hydroxylation is 1. The van der Waals surface area contributed by atoms with Crippen LogP contribution in [0, 0.1) is 6.92 Å². The van der Waals surface area contributed by atoms with Crippen LogP contribution < -0.4 is 4.83 Å². The van der Waals surface area contributed by atoms with Gasteiger partial charge in [-0.25, -0.2) is 0 Å². The molecule has 0 saturated heterocycles. The molecule has 1 atom stereocenters. The molecule has 0 spiro atoms. The first kappa shape index (κ1) is 18.9. The van der Waals surface area contributed by atoms with Gasteiger partial charge in [0.1, 0.15) is 0 Å². The minimum Gasteiger partial charge on any atom is -0.200 e. The average Bonchev–Trinajstić information content (AvgIpc) is 2.70. The molecule has 0 aliphatic carbocycles. The van der Waals surface area contributed by atoms with Gasteiger partial charge in [-0.1, -0.05) is 85.3 Å². The number of nitrogens with zero attached hydrogens (tertiary/aromatic N) is 1. The molecule has 0 aromatic heterocycles. The van der Waals surface area contributed by atoms with E-state index in [0.29, 0.717) is 5.71 Å². The maximum atomic E-state index is 12.6. The molecule has 0 saturated carbocycles. The average molecular weight is 378 g/mol. The molecule has 0 radical (unpaired) electrons. The Hall–Kier alpha value is -2.92. The van der Waals surface area contributed by atoms with E-state index in [9.17, 15) is 8.42 Å². The van der Waals surface area contributed by atoms with E-state index in [2.05, 4.69) is 9.93 Å². The fourth-order valence-corrected chi connectivity index (χ4v) is 3.62. The molecule has 0 fully saturated rings. The Bertz CT molecular complexity index is 1010. The zero-order valence-electron chi connectivity index (χ0n) is 15.3. The normalized spacial score (nSPS) is 13.2. The van der Waals surface area contributed by atoms with Gasteiger partial charge in [0.25, 0.3) is 10.0 Å². The maximum Gasteiger partial charge on any atom is 0.276 e. The van der Waals surface area contributed by atoms with Gasteiger partial charge < -0.3 is 0 Å². The molecule has 0 aliphatic heterocycles. The van der Waals surface area contributed by atoms with Crippen molar-refractivity contribution in [2.45, 2.75) is 24.7 Å². The van der Waals surface area contributed by atoms with Gasteiger partial charge in [-0.15, -0.1) is 0 Å². The van der Waals surface area contributed by atoms with E-state index >= 15 is 0 Å². The minimum absolute atomic E-state index is 0.0747. The molecule has 3 aromatic carbocycles. The third-order valence-electron chi connectivity index (χ3n) is 4.40. The first-order valence-corrected chi connectivity index (χ1v) is 10.2. The summed E-state index contributed by atoms with van der Waals surface area (Å²) < 4.78 is 25.2. The lowest BCUT2D eigenvalue weighted by atomic mass is 9.92. The van der Waals surface area contributed by atoms with Gasteiger partial charge in [0.2, 0.25) is 0 Å². The van der Waals surface area contributed by atoms with Crippen LogP contribution in [0.1, 0.15) is 29.5 Å². The highest BCUT2D eigenvalue weighted by Gasteiger charge is 2.18. The predicted molar refractivity (Wildman–Crippen MR) is 109 cm³/mol. The first-order valence-electron chi connectivity index (χ1n) is 8.74. The summed E-state index contributed by atoms with van der Waals surface area (Å²) in [5.74, 6) is -0.0747. The summed E-state index contributed by atoms with van der Waals surface area (Å²) in [5.41, 5.74) is 3.60. The van der Waals surface area contributed by atoms with Crippen LogP contribution in [0.3, 0.4) is 0 Å². The van der Waals surface area contributed by atoms with Crippen LogP contribution in [0.15, 0.2) is 94.9 Å². The molecule has 138 valence electrons. The number of rotatable bonds is 6. The number of hydrogen-bond acceptors (Lipinski definition) is 3. The molecule has 3 rings (SSSR count). The van der Waals surface area contributed by atoms with Gasteiger partial charge in [0.15, 0.2) is 0 Å². The Morgan fingerprint density at radius 1 is 0.852 bits per heavy atom. The molecule has 1 N–H and O–H groups in total. The fraction of sp³-hybridized carbons (Fsp3) is 0.136. The van der Waals surface area contributed by atoms with Gasteiger partial charge in [-0.2, -0.15) is 18.4 Å². The van der Waals surface area contributed by atoms with Crippen molar-refractivity contribution in [3.63, 3.8) is 0 Å². The van der Waals surface area contributed by atoms with Crippen molar-refractivity contribution in [2.75, 3.05) is 0 Å². The summed E-state index contributed by atoms with van der Waals surface area (Å²) in [6.07, 6.45) is 0. The van der Waals surface area contributed by atoms with Crippen LogP contribution in [-0.2, 0) is 10.0 Å².